The molecule has 0 unspecified atom stereocenters. The summed E-state index contributed by atoms with van der Waals surface area (Å²) in [5, 5.41) is 7.83. The summed E-state index contributed by atoms with van der Waals surface area (Å²) in [7, 11) is 0. The minimum atomic E-state index is 0.142. The summed E-state index contributed by atoms with van der Waals surface area (Å²) < 4.78 is 5.38. The highest BCUT2D eigenvalue weighted by molar-refractivity contribution is 5.74. The molecule has 0 aliphatic carbocycles. The van der Waals surface area contributed by atoms with E-state index < -0.39 is 0 Å². The molecule has 112 valence electrons. The Kier molecular flexibility index (Phi) is 4.94. The summed E-state index contributed by atoms with van der Waals surface area (Å²) in [5.41, 5.74) is 0. The molecule has 1 aliphatic heterocycles. The third kappa shape index (κ3) is 3.47. The van der Waals surface area contributed by atoms with Crippen LogP contribution in [0.15, 0.2) is 4.42 Å². The molecule has 0 radical (unpaired) electrons. The summed E-state index contributed by atoms with van der Waals surface area (Å²) >= 11 is 0. The molecule has 7 heteroatoms. The van der Waals surface area contributed by atoms with Crippen LogP contribution in [-0.4, -0.2) is 70.2 Å². The maximum absolute atomic E-state index is 12.2. The van der Waals surface area contributed by atoms with Crippen LogP contribution in [0, 0.1) is 6.92 Å². The minimum absolute atomic E-state index is 0.142. The normalized spacial score (nSPS) is 16.4. The lowest BCUT2D eigenvalue weighted by Crippen LogP contribution is -2.52. The van der Waals surface area contributed by atoms with Crippen molar-refractivity contribution >= 4 is 6.03 Å². The van der Waals surface area contributed by atoms with Gasteiger partial charge >= 0.3 is 6.03 Å². The molecule has 1 fully saturated rings. The summed E-state index contributed by atoms with van der Waals surface area (Å²) in [6.45, 7) is 11.2. The van der Waals surface area contributed by atoms with Crippen molar-refractivity contribution < 1.29 is 9.21 Å². The quantitative estimate of drug-likeness (QED) is 0.822. The second kappa shape index (κ2) is 6.69. The summed E-state index contributed by atoms with van der Waals surface area (Å²) in [6, 6.07) is 0.142. The van der Waals surface area contributed by atoms with Gasteiger partial charge in [0.15, 0.2) is 0 Å². The molecule has 2 rings (SSSR count). The highest BCUT2D eigenvalue weighted by atomic mass is 16.4. The molecule has 20 heavy (non-hydrogen) atoms. The minimum Gasteiger partial charge on any atom is -0.424 e. The van der Waals surface area contributed by atoms with E-state index in [1.54, 1.807) is 6.92 Å². The molecule has 0 bridgehead atoms. The van der Waals surface area contributed by atoms with E-state index in [9.17, 15) is 4.79 Å². The van der Waals surface area contributed by atoms with Crippen LogP contribution in [0.4, 0.5) is 4.79 Å². The van der Waals surface area contributed by atoms with Crippen molar-refractivity contribution in [3.8, 4) is 0 Å². The number of aromatic nitrogens is 2. The van der Waals surface area contributed by atoms with E-state index in [1.807, 2.05) is 23.6 Å². The number of carbonyl (C=O) groups is 1. The van der Waals surface area contributed by atoms with Crippen LogP contribution in [0.3, 0.4) is 0 Å². The number of amides is 2. The molecule has 0 spiro atoms. The van der Waals surface area contributed by atoms with E-state index in [0.29, 0.717) is 18.3 Å². The first-order valence-corrected chi connectivity index (χ1v) is 7.19. The van der Waals surface area contributed by atoms with E-state index >= 15 is 0 Å². The molecular formula is C13H23N5O2. The first-order chi connectivity index (χ1) is 9.63. The first kappa shape index (κ1) is 14.8. The van der Waals surface area contributed by atoms with Crippen molar-refractivity contribution in [3.63, 3.8) is 0 Å². The van der Waals surface area contributed by atoms with E-state index in [0.717, 1.165) is 39.3 Å². The zero-order valence-corrected chi connectivity index (χ0v) is 12.5. The maximum atomic E-state index is 12.2. The lowest BCUT2D eigenvalue weighted by molar-refractivity contribution is 0.108. The van der Waals surface area contributed by atoms with Crippen LogP contribution in [-0.2, 0) is 6.54 Å². The zero-order valence-electron chi connectivity index (χ0n) is 12.5. The van der Waals surface area contributed by atoms with Crippen LogP contribution in [0.25, 0.3) is 0 Å². The number of carbonyl (C=O) groups excluding carboxylic acids is 1. The number of hydrogen-bond donors (Lipinski definition) is 0. The van der Waals surface area contributed by atoms with Crippen LogP contribution < -0.4 is 0 Å². The SMILES string of the molecule is CCN(CC)C(=O)N1CCN(Cc2nnc(C)o2)CC1. The van der Waals surface area contributed by atoms with Gasteiger partial charge in [0.2, 0.25) is 11.8 Å². The molecule has 1 aliphatic rings. The van der Waals surface area contributed by atoms with E-state index in [2.05, 4.69) is 15.1 Å². The molecule has 0 N–H and O–H groups in total. The van der Waals surface area contributed by atoms with Crippen molar-refractivity contribution in [2.75, 3.05) is 39.3 Å². The highest BCUT2D eigenvalue weighted by Gasteiger charge is 2.24. The highest BCUT2D eigenvalue weighted by Crippen LogP contribution is 2.09. The second-order valence-corrected chi connectivity index (χ2v) is 4.93. The van der Waals surface area contributed by atoms with Crippen LogP contribution >= 0.6 is 0 Å². The smallest absolute Gasteiger partial charge is 0.320 e. The van der Waals surface area contributed by atoms with Gasteiger partial charge in [0.1, 0.15) is 0 Å². The first-order valence-electron chi connectivity index (χ1n) is 7.19. The molecular weight excluding hydrogens is 258 g/mol. The van der Waals surface area contributed by atoms with Crippen LogP contribution in [0.2, 0.25) is 0 Å². The van der Waals surface area contributed by atoms with Gasteiger partial charge in [-0.2, -0.15) is 0 Å². The van der Waals surface area contributed by atoms with Gasteiger partial charge in [0.25, 0.3) is 0 Å². The zero-order chi connectivity index (χ0) is 14.5. The van der Waals surface area contributed by atoms with E-state index in [-0.39, 0.29) is 6.03 Å². The lowest BCUT2D eigenvalue weighted by Gasteiger charge is -2.36. The van der Waals surface area contributed by atoms with Crippen molar-refractivity contribution in [3.05, 3.63) is 11.8 Å². The van der Waals surface area contributed by atoms with Gasteiger partial charge in [-0.1, -0.05) is 0 Å². The molecule has 1 aromatic heterocycles. The number of piperazine rings is 1. The van der Waals surface area contributed by atoms with E-state index in [1.165, 1.54) is 0 Å². The predicted octanol–water partition coefficient (Wildman–Crippen LogP) is 0.957. The lowest BCUT2D eigenvalue weighted by atomic mass is 10.3. The molecule has 1 aromatic rings. The Bertz CT molecular complexity index is 436. The van der Waals surface area contributed by atoms with Gasteiger partial charge < -0.3 is 14.2 Å². The Morgan fingerprint density at radius 2 is 1.85 bits per heavy atom. The molecule has 7 nitrogen and oxygen atoms in total. The van der Waals surface area contributed by atoms with Gasteiger partial charge in [-0.15, -0.1) is 10.2 Å². The van der Waals surface area contributed by atoms with E-state index in [4.69, 9.17) is 4.42 Å². The summed E-state index contributed by atoms with van der Waals surface area (Å²) in [4.78, 5) is 18.2. The molecule has 1 saturated heterocycles. The number of nitrogens with zero attached hydrogens (tertiary/aromatic N) is 5. The van der Waals surface area contributed by atoms with Crippen molar-refractivity contribution in [2.45, 2.75) is 27.3 Å². The molecule has 0 atom stereocenters. The van der Waals surface area contributed by atoms with Crippen molar-refractivity contribution in [1.29, 1.82) is 0 Å². The standard InChI is InChI=1S/C13H23N5O2/c1-4-17(5-2)13(19)18-8-6-16(7-9-18)10-12-15-14-11(3)20-12/h4-10H2,1-3H3. The molecule has 2 heterocycles. The maximum Gasteiger partial charge on any atom is 0.320 e. The van der Waals surface area contributed by atoms with Crippen molar-refractivity contribution in [1.82, 2.24) is 24.9 Å². The Labute approximate surface area is 119 Å². The number of aryl methyl sites for hydroxylation is 1. The summed E-state index contributed by atoms with van der Waals surface area (Å²) in [5.74, 6) is 1.24. The fourth-order valence-electron chi connectivity index (χ4n) is 2.38. The fourth-order valence-corrected chi connectivity index (χ4v) is 2.38. The molecule has 0 saturated carbocycles. The number of urea groups is 1. The average molecular weight is 281 g/mol. The van der Waals surface area contributed by atoms with Crippen LogP contribution in [0.1, 0.15) is 25.6 Å². The Morgan fingerprint density at radius 3 is 2.35 bits per heavy atom. The Morgan fingerprint density at radius 1 is 1.20 bits per heavy atom. The number of hydrogen-bond acceptors (Lipinski definition) is 5. The van der Waals surface area contributed by atoms with Gasteiger partial charge in [-0.05, 0) is 13.8 Å². The molecule has 0 aromatic carbocycles. The average Bonchev–Trinajstić information content (AvgIpc) is 2.86. The third-order valence-corrected chi connectivity index (χ3v) is 3.60. The summed E-state index contributed by atoms with van der Waals surface area (Å²) in [6.07, 6.45) is 0. The Balaban J connectivity index is 1.81. The second-order valence-electron chi connectivity index (χ2n) is 4.93. The topological polar surface area (TPSA) is 65.7 Å². The molecule has 2 amide bonds. The number of rotatable bonds is 4. The van der Waals surface area contributed by atoms with Gasteiger partial charge in [0.05, 0.1) is 6.54 Å². The van der Waals surface area contributed by atoms with Gasteiger partial charge in [0, 0.05) is 46.2 Å². The third-order valence-electron chi connectivity index (χ3n) is 3.60. The monoisotopic (exact) mass is 281 g/mol. The van der Waals surface area contributed by atoms with Crippen molar-refractivity contribution in [2.24, 2.45) is 0 Å². The fraction of sp³-hybridized carbons (Fsp3) is 0.769. The van der Waals surface area contributed by atoms with Crippen LogP contribution in [0.5, 0.6) is 0 Å². The predicted molar refractivity (Wildman–Crippen MR) is 74.2 cm³/mol. The Hall–Kier alpha value is -1.63. The van der Waals surface area contributed by atoms with Gasteiger partial charge in [-0.3, -0.25) is 4.90 Å². The largest absolute Gasteiger partial charge is 0.424 e. The van der Waals surface area contributed by atoms with Gasteiger partial charge in [-0.25, -0.2) is 4.79 Å².